The molecule has 112 valence electrons. The number of methoxy groups -OCH3 is 1. The van der Waals surface area contributed by atoms with Crippen LogP contribution in [0.1, 0.15) is 5.56 Å². The van der Waals surface area contributed by atoms with Crippen LogP contribution in [-0.4, -0.2) is 64.1 Å². The van der Waals surface area contributed by atoms with Crippen LogP contribution in [0.15, 0.2) is 29.2 Å². The third kappa shape index (κ3) is 3.58. The van der Waals surface area contributed by atoms with Crippen molar-refractivity contribution in [1.82, 2.24) is 9.21 Å². The maximum absolute atomic E-state index is 12.5. The molecular weight excluding hydrogens is 276 g/mol. The molecule has 0 unspecified atom stereocenters. The van der Waals surface area contributed by atoms with Crippen molar-refractivity contribution in [2.24, 2.45) is 0 Å². The maximum Gasteiger partial charge on any atom is 0.243 e. The lowest BCUT2D eigenvalue weighted by molar-refractivity contribution is 0.123. The second-order valence-corrected chi connectivity index (χ2v) is 6.99. The standard InChI is InChI=1S/C14H22N2O3S/c1-13-3-5-14(6-4-13)20(17,18)16-9-7-15(8-10-16)11-12-19-2/h3-6H,7-12H2,1-2H3. The summed E-state index contributed by atoms with van der Waals surface area (Å²) in [5.41, 5.74) is 1.06. The summed E-state index contributed by atoms with van der Waals surface area (Å²) in [6.45, 7) is 6.09. The van der Waals surface area contributed by atoms with Gasteiger partial charge in [-0.1, -0.05) is 17.7 Å². The molecule has 0 N–H and O–H groups in total. The van der Waals surface area contributed by atoms with Crippen LogP contribution >= 0.6 is 0 Å². The van der Waals surface area contributed by atoms with Gasteiger partial charge in [0.2, 0.25) is 10.0 Å². The highest BCUT2D eigenvalue weighted by atomic mass is 32.2. The Morgan fingerprint density at radius 1 is 1.10 bits per heavy atom. The van der Waals surface area contributed by atoms with Gasteiger partial charge in [-0.2, -0.15) is 4.31 Å². The molecule has 0 amide bonds. The van der Waals surface area contributed by atoms with E-state index in [0.717, 1.165) is 25.2 Å². The minimum absolute atomic E-state index is 0.383. The van der Waals surface area contributed by atoms with E-state index in [-0.39, 0.29) is 0 Å². The number of aryl methyl sites for hydroxylation is 1. The Morgan fingerprint density at radius 3 is 2.25 bits per heavy atom. The second-order valence-electron chi connectivity index (χ2n) is 5.05. The zero-order valence-electron chi connectivity index (χ0n) is 12.1. The van der Waals surface area contributed by atoms with E-state index in [9.17, 15) is 8.42 Å². The fourth-order valence-corrected chi connectivity index (χ4v) is 3.70. The first kappa shape index (κ1) is 15.4. The first-order valence-electron chi connectivity index (χ1n) is 6.82. The van der Waals surface area contributed by atoms with Gasteiger partial charge in [0.1, 0.15) is 0 Å². The highest BCUT2D eigenvalue weighted by Crippen LogP contribution is 2.18. The highest BCUT2D eigenvalue weighted by molar-refractivity contribution is 7.89. The molecule has 1 heterocycles. The molecule has 0 atom stereocenters. The molecule has 0 radical (unpaired) electrons. The summed E-state index contributed by atoms with van der Waals surface area (Å²) in [6, 6.07) is 7.04. The monoisotopic (exact) mass is 298 g/mol. The molecule has 1 aliphatic heterocycles. The van der Waals surface area contributed by atoms with Crippen molar-refractivity contribution >= 4 is 10.0 Å². The second kappa shape index (κ2) is 6.67. The van der Waals surface area contributed by atoms with Crippen molar-refractivity contribution in [2.45, 2.75) is 11.8 Å². The molecule has 1 aromatic rings. The van der Waals surface area contributed by atoms with E-state index < -0.39 is 10.0 Å². The van der Waals surface area contributed by atoms with Crippen molar-refractivity contribution in [1.29, 1.82) is 0 Å². The van der Waals surface area contributed by atoms with Crippen molar-refractivity contribution in [3.8, 4) is 0 Å². The lowest BCUT2D eigenvalue weighted by Crippen LogP contribution is -2.49. The number of hydrogen-bond donors (Lipinski definition) is 0. The van der Waals surface area contributed by atoms with Gasteiger partial charge in [0, 0.05) is 39.8 Å². The molecule has 1 aliphatic rings. The van der Waals surface area contributed by atoms with Gasteiger partial charge in [-0.15, -0.1) is 0 Å². The number of piperazine rings is 1. The minimum Gasteiger partial charge on any atom is -0.383 e. The minimum atomic E-state index is -3.35. The van der Waals surface area contributed by atoms with E-state index in [1.54, 1.807) is 23.5 Å². The molecule has 0 aliphatic carbocycles. The summed E-state index contributed by atoms with van der Waals surface area (Å²) in [7, 11) is -1.67. The Morgan fingerprint density at radius 2 is 1.70 bits per heavy atom. The Hall–Kier alpha value is -0.950. The molecule has 2 rings (SSSR count). The molecule has 0 aromatic heterocycles. The van der Waals surface area contributed by atoms with Gasteiger partial charge < -0.3 is 4.74 Å². The zero-order valence-corrected chi connectivity index (χ0v) is 12.9. The topological polar surface area (TPSA) is 49.9 Å². The first-order chi connectivity index (χ1) is 9.54. The largest absolute Gasteiger partial charge is 0.383 e. The van der Waals surface area contributed by atoms with Gasteiger partial charge in [0.15, 0.2) is 0 Å². The summed E-state index contributed by atoms with van der Waals surface area (Å²) < 4.78 is 31.6. The van der Waals surface area contributed by atoms with E-state index in [4.69, 9.17) is 4.74 Å². The predicted octanol–water partition coefficient (Wildman–Crippen LogP) is 0.948. The fourth-order valence-electron chi connectivity index (χ4n) is 2.27. The average molecular weight is 298 g/mol. The molecule has 0 saturated carbocycles. The fraction of sp³-hybridized carbons (Fsp3) is 0.571. The number of ether oxygens (including phenoxy) is 1. The predicted molar refractivity (Wildman–Crippen MR) is 78.3 cm³/mol. The first-order valence-corrected chi connectivity index (χ1v) is 8.26. The number of hydrogen-bond acceptors (Lipinski definition) is 4. The van der Waals surface area contributed by atoms with Crippen LogP contribution in [0.3, 0.4) is 0 Å². The van der Waals surface area contributed by atoms with Crippen LogP contribution in [0, 0.1) is 6.92 Å². The quantitative estimate of drug-likeness (QED) is 0.812. The smallest absolute Gasteiger partial charge is 0.243 e. The summed E-state index contributed by atoms with van der Waals surface area (Å²) in [4.78, 5) is 2.61. The van der Waals surface area contributed by atoms with Crippen LogP contribution in [0.5, 0.6) is 0 Å². The molecule has 1 saturated heterocycles. The van der Waals surface area contributed by atoms with E-state index in [0.29, 0.717) is 24.6 Å². The molecule has 6 heteroatoms. The van der Waals surface area contributed by atoms with Crippen LogP contribution in [0.4, 0.5) is 0 Å². The van der Waals surface area contributed by atoms with Crippen LogP contribution in [0.25, 0.3) is 0 Å². The average Bonchev–Trinajstić information content (AvgIpc) is 2.46. The van der Waals surface area contributed by atoms with Gasteiger partial charge in [-0.05, 0) is 19.1 Å². The highest BCUT2D eigenvalue weighted by Gasteiger charge is 2.28. The number of sulfonamides is 1. The molecular formula is C14H22N2O3S. The molecule has 1 aromatic carbocycles. The number of benzene rings is 1. The van der Waals surface area contributed by atoms with Crippen molar-refractivity contribution in [2.75, 3.05) is 46.4 Å². The Balaban J connectivity index is 2.00. The zero-order chi connectivity index (χ0) is 14.6. The molecule has 0 spiro atoms. The van der Waals surface area contributed by atoms with Gasteiger partial charge in [-0.3, -0.25) is 4.90 Å². The van der Waals surface area contributed by atoms with Crippen molar-refractivity contribution < 1.29 is 13.2 Å². The van der Waals surface area contributed by atoms with E-state index >= 15 is 0 Å². The van der Waals surface area contributed by atoms with E-state index in [1.807, 2.05) is 19.1 Å². The number of nitrogens with zero attached hydrogens (tertiary/aromatic N) is 2. The van der Waals surface area contributed by atoms with Gasteiger partial charge in [-0.25, -0.2) is 8.42 Å². The molecule has 0 bridgehead atoms. The summed E-state index contributed by atoms with van der Waals surface area (Å²) in [6.07, 6.45) is 0. The molecule has 1 fully saturated rings. The lowest BCUT2D eigenvalue weighted by atomic mass is 10.2. The van der Waals surface area contributed by atoms with Crippen LogP contribution < -0.4 is 0 Å². The Labute approximate surface area is 121 Å². The van der Waals surface area contributed by atoms with Gasteiger partial charge in [0.25, 0.3) is 0 Å². The van der Waals surface area contributed by atoms with E-state index in [1.165, 1.54) is 0 Å². The lowest BCUT2D eigenvalue weighted by Gasteiger charge is -2.33. The van der Waals surface area contributed by atoms with Gasteiger partial charge >= 0.3 is 0 Å². The van der Waals surface area contributed by atoms with Gasteiger partial charge in [0.05, 0.1) is 11.5 Å². The van der Waals surface area contributed by atoms with Crippen molar-refractivity contribution in [3.63, 3.8) is 0 Å². The number of rotatable bonds is 5. The van der Waals surface area contributed by atoms with E-state index in [2.05, 4.69) is 4.90 Å². The SMILES string of the molecule is COCCN1CCN(S(=O)(=O)c2ccc(C)cc2)CC1. The Kier molecular flexibility index (Phi) is 5.15. The third-order valence-electron chi connectivity index (χ3n) is 3.60. The molecule has 5 nitrogen and oxygen atoms in total. The normalized spacial score (nSPS) is 18.3. The summed E-state index contributed by atoms with van der Waals surface area (Å²) in [5.74, 6) is 0. The van der Waals surface area contributed by atoms with Crippen LogP contribution in [-0.2, 0) is 14.8 Å². The van der Waals surface area contributed by atoms with Crippen molar-refractivity contribution in [3.05, 3.63) is 29.8 Å². The van der Waals surface area contributed by atoms with Crippen LogP contribution in [0.2, 0.25) is 0 Å². The Bertz CT molecular complexity index is 520. The summed E-state index contributed by atoms with van der Waals surface area (Å²) in [5, 5.41) is 0. The third-order valence-corrected chi connectivity index (χ3v) is 5.51. The summed E-state index contributed by atoms with van der Waals surface area (Å²) >= 11 is 0. The molecule has 20 heavy (non-hydrogen) atoms. The maximum atomic E-state index is 12.5.